The van der Waals surface area contributed by atoms with Crippen LogP contribution in [0, 0.1) is 0 Å². The van der Waals surface area contributed by atoms with Gasteiger partial charge in [0.05, 0.1) is 20.3 Å². The summed E-state index contributed by atoms with van der Waals surface area (Å²) in [5.74, 6) is 1.25. The fourth-order valence-corrected chi connectivity index (χ4v) is 3.81. The van der Waals surface area contributed by atoms with Crippen LogP contribution >= 0.6 is 0 Å². The molecule has 2 atom stereocenters. The molecule has 1 heterocycles. The molecule has 0 saturated heterocycles. The molecule has 3 aromatic rings. The quantitative estimate of drug-likeness (QED) is 0.662. The standard InChI is InChI=1S/C21H23N5O3/c1-28-19-11-15-8-9-17(16(15)12-20(19)29-2)23-21(27)18(26-13-22-24-25-26)10-14-6-4-3-5-7-14/h3-7,11-13,17-18H,8-10H2,1-2H3,(H,23,27)/t17-,18+/m1/s1. The predicted octanol–water partition coefficient (Wildman–Crippen LogP) is 2.28. The van der Waals surface area contributed by atoms with E-state index in [4.69, 9.17) is 9.47 Å². The third-order valence-corrected chi connectivity index (χ3v) is 5.30. The molecule has 0 bridgehead atoms. The number of rotatable bonds is 7. The van der Waals surface area contributed by atoms with Crippen LogP contribution in [0.3, 0.4) is 0 Å². The zero-order valence-corrected chi connectivity index (χ0v) is 16.4. The zero-order chi connectivity index (χ0) is 20.2. The van der Waals surface area contributed by atoms with Gasteiger partial charge >= 0.3 is 0 Å². The molecule has 0 fully saturated rings. The molecule has 0 unspecified atom stereocenters. The van der Waals surface area contributed by atoms with E-state index >= 15 is 0 Å². The number of carbonyl (C=O) groups excluding carboxylic acids is 1. The maximum Gasteiger partial charge on any atom is 0.245 e. The summed E-state index contributed by atoms with van der Waals surface area (Å²) in [5.41, 5.74) is 3.27. The van der Waals surface area contributed by atoms with Gasteiger partial charge < -0.3 is 14.8 Å². The van der Waals surface area contributed by atoms with Crippen molar-refractivity contribution in [3.8, 4) is 11.5 Å². The number of ether oxygens (including phenoxy) is 2. The van der Waals surface area contributed by atoms with Crippen molar-refractivity contribution in [3.63, 3.8) is 0 Å². The van der Waals surface area contributed by atoms with Gasteiger partial charge in [0.1, 0.15) is 12.4 Å². The minimum Gasteiger partial charge on any atom is -0.493 e. The monoisotopic (exact) mass is 393 g/mol. The number of fused-ring (bicyclic) bond motifs is 1. The second-order valence-electron chi connectivity index (χ2n) is 7.00. The number of tetrazole rings is 1. The molecule has 0 spiro atoms. The minimum atomic E-state index is -0.531. The highest BCUT2D eigenvalue weighted by Gasteiger charge is 2.30. The van der Waals surface area contributed by atoms with Crippen molar-refractivity contribution < 1.29 is 14.3 Å². The summed E-state index contributed by atoms with van der Waals surface area (Å²) < 4.78 is 12.3. The topological polar surface area (TPSA) is 91.2 Å². The fraction of sp³-hybridized carbons (Fsp3) is 0.333. The Labute approximate surface area is 168 Å². The molecule has 1 aliphatic carbocycles. The van der Waals surface area contributed by atoms with E-state index in [9.17, 15) is 4.79 Å². The van der Waals surface area contributed by atoms with Crippen LogP contribution in [0.4, 0.5) is 0 Å². The Kier molecular flexibility index (Phi) is 5.41. The number of nitrogens with zero attached hydrogens (tertiary/aromatic N) is 4. The Bertz CT molecular complexity index is 975. The Morgan fingerprint density at radius 1 is 1.21 bits per heavy atom. The van der Waals surface area contributed by atoms with E-state index in [0.29, 0.717) is 17.9 Å². The van der Waals surface area contributed by atoms with Crippen LogP contribution in [0.1, 0.15) is 35.2 Å². The Morgan fingerprint density at radius 3 is 2.66 bits per heavy atom. The van der Waals surface area contributed by atoms with Crippen LogP contribution in [0.2, 0.25) is 0 Å². The first-order valence-corrected chi connectivity index (χ1v) is 9.51. The van der Waals surface area contributed by atoms with E-state index in [-0.39, 0.29) is 11.9 Å². The molecule has 1 N–H and O–H groups in total. The van der Waals surface area contributed by atoms with Gasteiger partial charge in [-0.1, -0.05) is 30.3 Å². The van der Waals surface area contributed by atoms with Gasteiger partial charge in [0.2, 0.25) is 5.91 Å². The van der Waals surface area contributed by atoms with Gasteiger partial charge in [-0.05, 0) is 52.1 Å². The predicted molar refractivity (Wildman–Crippen MR) is 106 cm³/mol. The van der Waals surface area contributed by atoms with Gasteiger partial charge in [0.25, 0.3) is 0 Å². The van der Waals surface area contributed by atoms with E-state index in [1.54, 1.807) is 14.2 Å². The third kappa shape index (κ3) is 3.91. The lowest BCUT2D eigenvalue weighted by molar-refractivity contribution is -0.125. The first kappa shape index (κ1) is 18.9. The van der Waals surface area contributed by atoms with Gasteiger partial charge in [0.15, 0.2) is 11.5 Å². The van der Waals surface area contributed by atoms with E-state index < -0.39 is 6.04 Å². The number of hydrogen-bond donors (Lipinski definition) is 1. The first-order valence-electron chi connectivity index (χ1n) is 9.51. The lowest BCUT2D eigenvalue weighted by Crippen LogP contribution is -2.36. The normalized spacial score (nSPS) is 16.1. The third-order valence-electron chi connectivity index (χ3n) is 5.30. The SMILES string of the molecule is COc1cc2c(cc1OC)[C@H](NC(=O)[C@H](Cc1ccccc1)n1cnnn1)CC2. The van der Waals surface area contributed by atoms with Crippen LogP contribution in [0.25, 0.3) is 0 Å². The van der Waals surface area contributed by atoms with Crippen molar-refractivity contribution in [2.24, 2.45) is 0 Å². The van der Waals surface area contributed by atoms with Crippen LogP contribution in [0.15, 0.2) is 48.8 Å². The summed E-state index contributed by atoms with van der Waals surface area (Å²) in [6, 6.07) is 13.2. The molecular formula is C21H23N5O3. The van der Waals surface area contributed by atoms with E-state index in [1.807, 2.05) is 42.5 Å². The number of methoxy groups -OCH3 is 2. The fourth-order valence-electron chi connectivity index (χ4n) is 3.81. The molecular weight excluding hydrogens is 370 g/mol. The van der Waals surface area contributed by atoms with Crippen molar-refractivity contribution in [1.82, 2.24) is 25.5 Å². The molecule has 4 rings (SSSR count). The minimum absolute atomic E-state index is 0.0907. The largest absolute Gasteiger partial charge is 0.493 e. The Hall–Kier alpha value is -3.42. The average Bonchev–Trinajstić information content (AvgIpc) is 3.42. The number of carbonyl (C=O) groups is 1. The summed E-state index contributed by atoms with van der Waals surface area (Å²) in [7, 11) is 3.24. The number of aromatic nitrogens is 4. The second kappa shape index (κ2) is 8.30. The summed E-state index contributed by atoms with van der Waals surface area (Å²) in [4.78, 5) is 13.2. The maximum atomic E-state index is 13.2. The molecule has 1 aliphatic rings. The lowest BCUT2D eigenvalue weighted by atomic mass is 10.0. The Morgan fingerprint density at radius 2 is 1.97 bits per heavy atom. The molecule has 1 aromatic heterocycles. The van der Waals surface area contributed by atoms with Crippen LogP contribution < -0.4 is 14.8 Å². The highest BCUT2D eigenvalue weighted by atomic mass is 16.5. The summed E-state index contributed by atoms with van der Waals surface area (Å²) in [5, 5.41) is 14.5. The van der Waals surface area contributed by atoms with E-state index in [1.165, 1.54) is 11.0 Å². The van der Waals surface area contributed by atoms with Gasteiger partial charge in [-0.3, -0.25) is 4.79 Å². The highest BCUT2D eigenvalue weighted by Crippen LogP contribution is 2.39. The number of amides is 1. The van der Waals surface area contributed by atoms with Crippen molar-refractivity contribution in [2.45, 2.75) is 31.3 Å². The molecule has 0 saturated carbocycles. The van der Waals surface area contributed by atoms with Crippen molar-refractivity contribution >= 4 is 5.91 Å². The van der Waals surface area contributed by atoms with Crippen LogP contribution in [-0.2, 0) is 17.6 Å². The van der Waals surface area contributed by atoms with Gasteiger partial charge in [-0.15, -0.1) is 5.10 Å². The number of hydrogen-bond acceptors (Lipinski definition) is 6. The van der Waals surface area contributed by atoms with Crippen molar-refractivity contribution in [1.29, 1.82) is 0 Å². The first-order chi connectivity index (χ1) is 14.2. The van der Waals surface area contributed by atoms with E-state index in [0.717, 1.165) is 29.5 Å². The summed E-state index contributed by atoms with van der Waals surface area (Å²) in [6.07, 6.45) is 3.67. The van der Waals surface area contributed by atoms with Crippen molar-refractivity contribution in [2.75, 3.05) is 14.2 Å². The molecule has 8 nitrogen and oxygen atoms in total. The molecule has 8 heteroatoms. The lowest BCUT2D eigenvalue weighted by Gasteiger charge is -2.21. The molecule has 150 valence electrons. The summed E-state index contributed by atoms with van der Waals surface area (Å²) >= 11 is 0. The molecule has 0 aliphatic heterocycles. The smallest absolute Gasteiger partial charge is 0.245 e. The van der Waals surface area contributed by atoms with Crippen LogP contribution in [0.5, 0.6) is 11.5 Å². The van der Waals surface area contributed by atoms with Gasteiger partial charge in [0, 0.05) is 6.42 Å². The number of benzene rings is 2. The summed E-state index contributed by atoms with van der Waals surface area (Å²) in [6.45, 7) is 0. The van der Waals surface area contributed by atoms with Crippen LogP contribution in [-0.4, -0.2) is 40.3 Å². The molecule has 0 radical (unpaired) electrons. The number of aryl methyl sites for hydroxylation is 1. The van der Waals surface area contributed by atoms with Crippen molar-refractivity contribution in [3.05, 3.63) is 65.5 Å². The number of nitrogens with one attached hydrogen (secondary N) is 1. The molecule has 29 heavy (non-hydrogen) atoms. The van der Waals surface area contributed by atoms with Gasteiger partial charge in [-0.25, -0.2) is 4.68 Å². The van der Waals surface area contributed by atoms with E-state index in [2.05, 4.69) is 20.8 Å². The zero-order valence-electron chi connectivity index (χ0n) is 16.4. The molecule has 1 amide bonds. The Balaban J connectivity index is 1.56. The average molecular weight is 393 g/mol. The highest BCUT2D eigenvalue weighted by molar-refractivity contribution is 5.81. The van der Waals surface area contributed by atoms with Gasteiger partial charge in [-0.2, -0.15) is 0 Å². The molecule has 2 aromatic carbocycles. The second-order valence-corrected chi connectivity index (χ2v) is 7.00. The maximum absolute atomic E-state index is 13.2.